The number of aromatic amines is 1. The van der Waals surface area contributed by atoms with E-state index in [2.05, 4.69) is 15.2 Å². The first-order valence-corrected chi connectivity index (χ1v) is 11.4. The Bertz CT molecular complexity index is 1070. The van der Waals surface area contributed by atoms with Gasteiger partial charge in [-0.15, -0.1) is 11.3 Å². The lowest BCUT2D eigenvalue weighted by molar-refractivity contribution is 0.0715. The molecule has 0 saturated carbocycles. The molecule has 0 spiro atoms. The van der Waals surface area contributed by atoms with E-state index in [4.69, 9.17) is 0 Å². The van der Waals surface area contributed by atoms with Gasteiger partial charge in [0, 0.05) is 31.2 Å². The molecule has 1 aliphatic rings. The zero-order valence-corrected chi connectivity index (χ0v) is 18.9. The number of amides is 2. The summed E-state index contributed by atoms with van der Waals surface area (Å²) in [5.41, 5.74) is 3.16. The number of thiazole rings is 1. The number of aryl methyl sites for hydroxylation is 2. The van der Waals surface area contributed by atoms with Crippen LogP contribution in [0.3, 0.4) is 0 Å². The summed E-state index contributed by atoms with van der Waals surface area (Å²) in [6, 6.07) is 9.68. The summed E-state index contributed by atoms with van der Waals surface area (Å²) in [5, 5.41) is 8.16. The van der Waals surface area contributed by atoms with Crippen LogP contribution in [0.4, 0.5) is 5.69 Å². The number of hydrogen-bond donors (Lipinski definition) is 1. The monoisotopic (exact) mass is 437 g/mol. The van der Waals surface area contributed by atoms with E-state index in [1.54, 1.807) is 11.1 Å². The topological polar surface area (TPSA) is 82.2 Å². The Hall–Kier alpha value is -3.00. The van der Waals surface area contributed by atoms with Crippen molar-refractivity contribution in [1.29, 1.82) is 0 Å². The highest BCUT2D eigenvalue weighted by atomic mass is 32.1. The summed E-state index contributed by atoms with van der Waals surface area (Å²) in [6.07, 6.45) is 3.22. The fourth-order valence-electron chi connectivity index (χ4n) is 4.22. The molecule has 2 amide bonds. The number of benzene rings is 1. The summed E-state index contributed by atoms with van der Waals surface area (Å²) >= 11 is 1.46. The predicted molar refractivity (Wildman–Crippen MR) is 122 cm³/mol. The number of hydrogen-bond acceptors (Lipinski definition) is 5. The number of rotatable bonds is 5. The number of para-hydroxylation sites is 1. The number of nitrogens with one attached hydrogen (secondary N) is 1. The first kappa shape index (κ1) is 21.2. The molecule has 0 radical (unpaired) electrons. The first-order valence-electron chi connectivity index (χ1n) is 10.6. The molecular weight excluding hydrogens is 410 g/mol. The van der Waals surface area contributed by atoms with Gasteiger partial charge in [-0.25, -0.2) is 4.98 Å². The minimum absolute atomic E-state index is 0.0493. The molecule has 1 aliphatic heterocycles. The molecule has 2 aromatic heterocycles. The number of carbonyl (C=O) groups excluding carboxylic acids is 2. The molecule has 1 saturated heterocycles. The number of carbonyl (C=O) groups is 2. The number of piperidine rings is 1. The van der Waals surface area contributed by atoms with Crippen LogP contribution in [0, 0.1) is 13.8 Å². The first-order chi connectivity index (χ1) is 15.0. The molecule has 0 unspecified atom stereocenters. The molecule has 8 heteroatoms. The minimum atomic E-state index is -0.0493. The SMILES string of the molecule is CCN(C(=O)c1cn[nH]c1C1CCN(C(=O)c2sc(C)nc2C)CC1)c1ccccc1. The molecule has 31 heavy (non-hydrogen) atoms. The second-order valence-electron chi connectivity index (χ2n) is 7.80. The Morgan fingerprint density at radius 1 is 1.19 bits per heavy atom. The van der Waals surface area contributed by atoms with Crippen LogP contribution in [0.15, 0.2) is 36.5 Å². The van der Waals surface area contributed by atoms with Gasteiger partial charge in [0.25, 0.3) is 11.8 Å². The highest BCUT2D eigenvalue weighted by Gasteiger charge is 2.31. The Morgan fingerprint density at radius 2 is 1.90 bits per heavy atom. The van der Waals surface area contributed by atoms with Gasteiger partial charge in [-0.2, -0.15) is 5.10 Å². The van der Waals surface area contributed by atoms with Gasteiger partial charge in [0.1, 0.15) is 4.88 Å². The maximum absolute atomic E-state index is 13.3. The van der Waals surface area contributed by atoms with E-state index in [1.807, 2.05) is 56.0 Å². The standard InChI is InChI=1S/C23H27N5O2S/c1-4-28(18-8-6-5-7-9-18)22(29)19-14-24-26-20(19)17-10-12-27(13-11-17)23(30)21-15(2)25-16(3)31-21/h5-9,14,17H,4,10-13H2,1-3H3,(H,24,26). The molecule has 0 bridgehead atoms. The van der Waals surface area contributed by atoms with Crippen molar-refractivity contribution in [2.45, 2.75) is 39.5 Å². The van der Waals surface area contributed by atoms with Crippen molar-refractivity contribution >= 4 is 28.8 Å². The number of aromatic nitrogens is 3. The molecule has 4 rings (SSSR count). The number of anilines is 1. The minimum Gasteiger partial charge on any atom is -0.338 e. The third kappa shape index (κ3) is 4.25. The lowest BCUT2D eigenvalue weighted by atomic mass is 9.91. The van der Waals surface area contributed by atoms with Crippen molar-refractivity contribution in [3.05, 3.63) is 63.4 Å². The Balaban J connectivity index is 1.47. The average Bonchev–Trinajstić information content (AvgIpc) is 3.41. The molecular formula is C23H27N5O2S. The second-order valence-corrected chi connectivity index (χ2v) is 9.00. The molecule has 162 valence electrons. The predicted octanol–water partition coefficient (Wildman–Crippen LogP) is 4.17. The van der Waals surface area contributed by atoms with Crippen molar-refractivity contribution in [2.24, 2.45) is 0 Å². The fourth-order valence-corrected chi connectivity index (χ4v) is 5.11. The molecule has 7 nitrogen and oxygen atoms in total. The van der Waals surface area contributed by atoms with Gasteiger partial charge in [-0.3, -0.25) is 14.7 Å². The molecule has 0 aliphatic carbocycles. The van der Waals surface area contributed by atoms with Crippen LogP contribution in [0.1, 0.15) is 62.1 Å². The van der Waals surface area contributed by atoms with Crippen LogP contribution < -0.4 is 4.90 Å². The summed E-state index contributed by atoms with van der Waals surface area (Å²) in [5.74, 6) is 0.180. The summed E-state index contributed by atoms with van der Waals surface area (Å²) in [7, 11) is 0. The van der Waals surface area contributed by atoms with Crippen LogP contribution in [0.25, 0.3) is 0 Å². The fraction of sp³-hybridized carbons (Fsp3) is 0.391. The molecule has 3 aromatic rings. The van der Waals surface area contributed by atoms with Crippen LogP contribution >= 0.6 is 11.3 Å². The van der Waals surface area contributed by atoms with E-state index in [-0.39, 0.29) is 17.7 Å². The van der Waals surface area contributed by atoms with Crippen molar-refractivity contribution < 1.29 is 9.59 Å². The lowest BCUT2D eigenvalue weighted by Crippen LogP contribution is -2.38. The van der Waals surface area contributed by atoms with E-state index in [1.165, 1.54) is 11.3 Å². The van der Waals surface area contributed by atoms with Crippen LogP contribution in [-0.4, -0.2) is 51.5 Å². The van der Waals surface area contributed by atoms with E-state index >= 15 is 0 Å². The van der Waals surface area contributed by atoms with Crippen LogP contribution in [0.5, 0.6) is 0 Å². The largest absolute Gasteiger partial charge is 0.338 e. The van der Waals surface area contributed by atoms with Crippen molar-refractivity contribution in [3.8, 4) is 0 Å². The van der Waals surface area contributed by atoms with Crippen molar-refractivity contribution in [1.82, 2.24) is 20.1 Å². The molecule has 1 fully saturated rings. The third-order valence-corrected chi connectivity index (χ3v) is 6.88. The molecule has 1 aromatic carbocycles. The Morgan fingerprint density at radius 3 is 2.52 bits per heavy atom. The van der Waals surface area contributed by atoms with Crippen LogP contribution in [0.2, 0.25) is 0 Å². The van der Waals surface area contributed by atoms with Crippen molar-refractivity contribution in [3.63, 3.8) is 0 Å². The summed E-state index contributed by atoms with van der Waals surface area (Å²) in [4.78, 5) is 35.0. The van der Waals surface area contributed by atoms with Gasteiger partial charge in [0.2, 0.25) is 0 Å². The highest BCUT2D eigenvalue weighted by Crippen LogP contribution is 2.31. The van der Waals surface area contributed by atoms with Crippen molar-refractivity contribution in [2.75, 3.05) is 24.5 Å². The third-order valence-electron chi connectivity index (χ3n) is 5.82. The zero-order valence-electron chi connectivity index (χ0n) is 18.1. The van der Waals surface area contributed by atoms with Gasteiger partial charge < -0.3 is 9.80 Å². The van der Waals surface area contributed by atoms with E-state index in [0.717, 1.165) is 39.8 Å². The molecule has 0 atom stereocenters. The number of H-pyrrole nitrogens is 1. The summed E-state index contributed by atoms with van der Waals surface area (Å²) < 4.78 is 0. The smallest absolute Gasteiger partial charge is 0.265 e. The van der Waals surface area contributed by atoms with E-state index in [0.29, 0.717) is 25.2 Å². The Kier molecular flexibility index (Phi) is 6.18. The van der Waals surface area contributed by atoms with Gasteiger partial charge in [0.15, 0.2) is 0 Å². The number of likely N-dealkylation sites (tertiary alicyclic amines) is 1. The Labute approximate surface area is 186 Å². The number of nitrogens with zero attached hydrogens (tertiary/aromatic N) is 4. The maximum Gasteiger partial charge on any atom is 0.265 e. The zero-order chi connectivity index (χ0) is 22.0. The van der Waals surface area contributed by atoms with Crippen LogP contribution in [-0.2, 0) is 0 Å². The van der Waals surface area contributed by atoms with E-state index < -0.39 is 0 Å². The maximum atomic E-state index is 13.3. The van der Waals surface area contributed by atoms with Gasteiger partial charge >= 0.3 is 0 Å². The average molecular weight is 438 g/mol. The van der Waals surface area contributed by atoms with Gasteiger partial charge in [0.05, 0.1) is 28.2 Å². The van der Waals surface area contributed by atoms with E-state index in [9.17, 15) is 9.59 Å². The molecule has 3 heterocycles. The quantitative estimate of drug-likeness (QED) is 0.649. The lowest BCUT2D eigenvalue weighted by Gasteiger charge is -2.32. The van der Waals surface area contributed by atoms with Gasteiger partial charge in [-0.05, 0) is 45.7 Å². The normalized spacial score (nSPS) is 14.6. The second kappa shape index (κ2) is 9.01. The highest BCUT2D eigenvalue weighted by molar-refractivity contribution is 7.13. The van der Waals surface area contributed by atoms with Gasteiger partial charge in [-0.1, -0.05) is 18.2 Å². The summed E-state index contributed by atoms with van der Waals surface area (Å²) in [6.45, 7) is 7.67. The molecule has 1 N–H and O–H groups in total.